The Labute approximate surface area is 171 Å². The summed E-state index contributed by atoms with van der Waals surface area (Å²) in [6, 6.07) is 8.84. The smallest absolute Gasteiger partial charge is 0.262 e. The summed E-state index contributed by atoms with van der Waals surface area (Å²) in [5, 5.41) is 0.588. The van der Waals surface area contributed by atoms with Gasteiger partial charge in [-0.1, -0.05) is 34.8 Å². The van der Waals surface area contributed by atoms with Gasteiger partial charge in [-0.15, -0.1) is 0 Å². The Hall–Kier alpha value is -2.06. The monoisotopic (exact) mass is 443 g/mol. The Bertz CT molecular complexity index is 1110. The topological polar surface area (TPSA) is 81.2 Å². The number of nitrogens with one attached hydrogen (secondary N) is 1. The summed E-state index contributed by atoms with van der Waals surface area (Å²) in [5.41, 5.74) is 0.976. The lowest BCUT2D eigenvalue weighted by molar-refractivity contribution is 0.446. The molecule has 1 N–H and O–H groups in total. The Kier molecular flexibility index (Phi) is 5.76. The summed E-state index contributed by atoms with van der Waals surface area (Å²) >= 11 is 17.7. The van der Waals surface area contributed by atoms with Gasteiger partial charge in [0.2, 0.25) is 11.8 Å². The van der Waals surface area contributed by atoms with Crippen LogP contribution in [0.15, 0.2) is 53.7 Å². The first-order chi connectivity index (χ1) is 12.7. The minimum atomic E-state index is -3.98. The molecule has 0 bridgehead atoms. The van der Waals surface area contributed by atoms with Crippen LogP contribution in [0.3, 0.4) is 0 Å². The molecule has 6 nitrogen and oxygen atoms in total. The lowest BCUT2D eigenvalue weighted by atomic mass is 10.3. The van der Waals surface area contributed by atoms with E-state index in [2.05, 4.69) is 14.7 Å². The quantitative estimate of drug-likeness (QED) is 0.574. The van der Waals surface area contributed by atoms with Gasteiger partial charge in [-0.25, -0.2) is 18.4 Å². The van der Waals surface area contributed by atoms with Gasteiger partial charge in [0.05, 0.1) is 20.0 Å². The first-order valence-electron chi connectivity index (χ1n) is 7.48. The van der Waals surface area contributed by atoms with Crippen molar-refractivity contribution in [2.24, 2.45) is 0 Å². The highest BCUT2D eigenvalue weighted by molar-refractivity contribution is 7.92. The van der Waals surface area contributed by atoms with Crippen molar-refractivity contribution in [3.05, 3.63) is 69.4 Å². The Morgan fingerprint density at radius 1 is 1.00 bits per heavy atom. The number of benzene rings is 1. The van der Waals surface area contributed by atoms with Gasteiger partial charge in [-0.3, -0.25) is 4.72 Å². The van der Waals surface area contributed by atoms with Crippen LogP contribution in [0.1, 0.15) is 5.56 Å². The van der Waals surface area contributed by atoms with E-state index in [-0.39, 0.29) is 37.4 Å². The Balaban J connectivity index is 1.96. The van der Waals surface area contributed by atoms with Crippen LogP contribution in [0.25, 0.3) is 0 Å². The van der Waals surface area contributed by atoms with Crippen molar-refractivity contribution in [3.8, 4) is 11.8 Å². The zero-order valence-electron chi connectivity index (χ0n) is 13.8. The lowest BCUT2D eigenvalue weighted by Gasteiger charge is -2.13. The van der Waals surface area contributed by atoms with Crippen molar-refractivity contribution in [3.63, 3.8) is 0 Å². The summed E-state index contributed by atoms with van der Waals surface area (Å²) in [4.78, 5) is 8.04. The molecular formula is C17H12Cl3N3O3S. The number of anilines is 1. The highest BCUT2D eigenvalue weighted by atomic mass is 35.5. The molecule has 1 aromatic carbocycles. The molecule has 3 aromatic rings. The second-order valence-corrected chi connectivity index (χ2v) is 8.39. The van der Waals surface area contributed by atoms with E-state index in [0.717, 1.165) is 5.56 Å². The van der Waals surface area contributed by atoms with Crippen molar-refractivity contribution < 1.29 is 13.2 Å². The fraction of sp³-hybridized carbons (Fsp3) is 0.0588. The second kappa shape index (κ2) is 7.90. The fourth-order valence-electron chi connectivity index (χ4n) is 2.09. The summed E-state index contributed by atoms with van der Waals surface area (Å²) in [6.45, 7) is 1.87. The Morgan fingerprint density at radius 2 is 1.78 bits per heavy atom. The maximum atomic E-state index is 12.7. The molecule has 0 saturated carbocycles. The molecule has 0 amide bonds. The van der Waals surface area contributed by atoms with Crippen molar-refractivity contribution in [2.75, 3.05) is 4.72 Å². The zero-order valence-corrected chi connectivity index (χ0v) is 16.9. The van der Waals surface area contributed by atoms with Crippen LogP contribution in [0.4, 0.5) is 5.69 Å². The van der Waals surface area contributed by atoms with Gasteiger partial charge in [-0.05, 0) is 42.8 Å². The number of rotatable bonds is 5. The van der Waals surface area contributed by atoms with Crippen LogP contribution in [0.5, 0.6) is 11.8 Å². The first kappa shape index (κ1) is 19.7. The average molecular weight is 445 g/mol. The van der Waals surface area contributed by atoms with E-state index in [1.54, 1.807) is 18.3 Å². The number of hydrogen-bond acceptors (Lipinski definition) is 5. The maximum Gasteiger partial charge on any atom is 0.262 e. The van der Waals surface area contributed by atoms with Crippen LogP contribution in [0.2, 0.25) is 15.1 Å². The van der Waals surface area contributed by atoms with Crippen molar-refractivity contribution in [1.29, 1.82) is 0 Å². The van der Waals surface area contributed by atoms with Crippen LogP contribution in [0, 0.1) is 6.92 Å². The number of aromatic nitrogens is 2. The summed E-state index contributed by atoms with van der Waals surface area (Å²) in [7, 11) is -3.98. The summed E-state index contributed by atoms with van der Waals surface area (Å²) in [5.74, 6) is 0.265. The van der Waals surface area contributed by atoms with Crippen molar-refractivity contribution >= 4 is 50.5 Å². The van der Waals surface area contributed by atoms with Gasteiger partial charge in [0, 0.05) is 18.5 Å². The molecule has 0 aliphatic heterocycles. The first-order valence-corrected chi connectivity index (χ1v) is 10.1. The molecule has 0 fully saturated rings. The molecule has 0 unspecified atom stereocenters. The van der Waals surface area contributed by atoms with E-state index >= 15 is 0 Å². The van der Waals surface area contributed by atoms with E-state index < -0.39 is 10.0 Å². The number of hydrogen-bond donors (Lipinski definition) is 1. The number of halogens is 3. The van der Waals surface area contributed by atoms with Crippen LogP contribution >= 0.6 is 34.8 Å². The van der Waals surface area contributed by atoms with Crippen molar-refractivity contribution in [2.45, 2.75) is 11.8 Å². The Morgan fingerprint density at radius 3 is 2.48 bits per heavy atom. The van der Waals surface area contributed by atoms with Crippen LogP contribution in [-0.4, -0.2) is 18.4 Å². The molecule has 140 valence electrons. The molecule has 27 heavy (non-hydrogen) atoms. The van der Waals surface area contributed by atoms with Gasteiger partial charge in [0.15, 0.2) is 0 Å². The van der Waals surface area contributed by atoms with E-state index in [9.17, 15) is 8.42 Å². The minimum absolute atomic E-state index is 0.00105. The number of pyridine rings is 2. The number of ether oxygens (including phenoxy) is 1. The lowest BCUT2D eigenvalue weighted by Crippen LogP contribution is -2.14. The zero-order chi connectivity index (χ0) is 19.6. The van der Waals surface area contributed by atoms with Gasteiger partial charge >= 0.3 is 0 Å². The number of sulfonamides is 1. The van der Waals surface area contributed by atoms with Crippen LogP contribution in [-0.2, 0) is 10.0 Å². The standard InChI is InChI=1S/C17H12Cl3N3O3S/c1-10-4-5-21-16(6-10)26-17-15(7-11(18)9-22-17)23-27(24,25)12-2-3-13(19)14(20)8-12/h2-9,23H,1H3. The highest BCUT2D eigenvalue weighted by Crippen LogP contribution is 2.32. The van der Waals surface area contributed by atoms with E-state index in [4.69, 9.17) is 39.5 Å². The van der Waals surface area contributed by atoms with Crippen LogP contribution < -0.4 is 9.46 Å². The molecule has 2 heterocycles. The molecular weight excluding hydrogens is 433 g/mol. The van der Waals surface area contributed by atoms with Crippen molar-refractivity contribution in [1.82, 2.24) is 9.97 Å². The fourth-order valence-corrected chi connectivity index (χ4v) is 3.69. The highest BCUT2D eigenvalue weighted by Gasteiger charge is 2.19. The molecule has 0 aliphatic rings. The molecule has 0 spiro atoms. The van der Waals surface area contributed by atoms with Gasteiger partial charge in [0.25, 0.3) is 10.0 Å². The molecule has 10 heteroatoms. The largest absolute Gasteiger partial charge is 0.418 e. The molecule has 2 aromatic heterocycles. The molecule has 3 rings (SSSR count). The van der Waals surface area contributed by atoms with Gasteiger partial charge in [0.1, 0.15) is 5.69 Å². The SMILES string of the molecule is Cc1ccnc(Oc2ncc(Cl)cc2NS(=O)(=O)c2ccc(Cl)c(Cl)c2)c1. The van der Waals surface area contributed by atoms with Gasteiger partial charge in [-0.2, -0.15) is 0 Å². The van der Waals surface area contributed by atoms with E-state index in [1.165, 1.54) is 30.5 Å². The predicted octanol–water partition coefficient (Wildman–Crippen LogP) is 5.34. The van der Waals surface area contributed by atoms with E-state index in [0.29, 0.717) is 0 Å². The average Bonchev–Trinajstić information content (AvgIpc) is 2.59. The maximum absolute atomic E-state index is 12.7. The van der Waals surface area contributed by atoms with Gasteiger partial charge < -0.3 is 4.74 Å². The molecule has 0 saturated heterocycles. The van der Waals surface area contributed by atoms with E-state index in [1.807, 2.05) is 6.92 Å². The second-order valence-electron chi connectivity index (χ2n) is 5.46. The minimum Gasteiger partial charge on any atom is -0.418 e. The predicted molar refractivity (Wildman–Crippen MR) is 106 cm³/mol. The third-order valence-corrected chi connectivity index (χ3v) is 5.66. The third kappa shape index (κ3) is 4.81. The third-order valence-electron chi connectivity index (χ3n) is 3.36. The molecule has 0 radical (unpaired) electrons. The molecule has 0 aliphatic carbocycles. The summed E-state index contributed by atoms with van der Waals surface area (Å²) in [6.07, 6.45) is 2.91. The number of nitrogens with zero attached hydrogens (tertiary/aromatic N) is 2. The number of aryl methyl sites for hydroxylation is 1. The normalized spacial score (nSPS) is 11.3. The molecule has 0 atom stereocenters. The summed E-state index contributed by atoms with van der Waals surface area (Å²) < 4.78 is 33.4.